The number of ether oxygens (including phenoxy) is 1. The second-order valence-electron chi connectivity index (χ2n) is 6.78. The maximum absolute atomic E-state index is 12.4. The molecule has 2 aliphatic heterocycles. The summed E-state index contributed by atoms with van der Waals surface area (Å²) in [7, 11) is 0. The van der Waals surface area contributed by atoms with Crippen LogP contribution in [0.3, 0.4) is 0 Å². The number of para-hydroxylation sites is 1. The first-order valence-corrected chi connectivity index (χ1v) is 8.99. The molecular weight excluding hydrogens is 302 g/mol. The third kappa shape index (κ3) is 3.19. The first-order chi connectivity index (χ1) is 11.8. The van der Waals surface area contributed by atoms with Gasteiger partial charge < -0.3 is 14.6 Å². The zero-order valence-electron chi connectivity index (χ0n) is 14.0. The Morgan fingerprint density at radius 1 is 1.21 bits per heavy atom. The Bertz CT molecular complexity index is 697. The van der Waals surface area contributed by atoms with Gasteiger partial charge in [0.05, 0.1) is 0 Å². The Hall–Kier alpha value is -1.85. The molecule has 0 bridgehead atoms. The normalized spacial score (nSPS) is 22.3. The van der Waals surface area contributed by atoms with Gasteiger partial charge in [0.25, 0.3) is 5.91 Å². The molecule has 1 atom stereocenters. The summed E-state index contributed by atoms with van der Waals surface area (Å²) in [6.45, 7) is 5.35. The molecule has 24 heavy (non-hydrogen) atoms. The molecule has 1 aromatic heterocycles. The van der Waals surface area contributed by atoms with Crippen LogP contribution in [0.15, 0.2) is 30.5 Å². The summed E-state index contributed by atoms with van der Waals surface area (Å²) in [6, 6.07) is 8.45. The van der Waals surface area contributed by atoms with Crippen LogP contribution >= 0.6 is 0 Å². The SMILES string of the molecule is O=C(C1CCCO1)N1CCN(CCc2c[nH]c3ccccc23)CC1. The predicted octanol–water partition coefficient (Wildman–Crippen LogP) is 2.03. The van der Waals surface area contributed by atoms with E-state index in [1.165, 1.54) is 16.5 Å². The lowest BCUT2D eigenvalue weighted by atomic mass is 10.1. The van der Waals surface area contributed by atoms with E-state index in [0.717, 1.165) is 58.6 Å². The molecule has 3 heterocycles. The molecule has 5 nitrogen and oxygen atoms in total. The molecule has 1 amide bonds. The first-order valence-electron chi connectivity index (χ1n) is 8.99. The van der Waals surface area contributed by atoms with Gasteiger partial charge in [-0.15, -0.1) is 0 Å². The first kappa shape index (κ1) is 15.7. The van der Waals surface area contributed by atoms with Gasteiger partial charge in [-0.3, -0.25) is 9.69 Å². The van der Waals surface area contributed by atoms with Crippen LogP contribution in [-0.4, -0.2) is 66.1 Å². The Morgan fingerprint density at radius 3 is 2.83 bits per heavy atom. The average molecular weight is 327 g/mol. The Balaban J connectivity index is 1.28. The van der Waals surface area contributed by atoms with E-state index in [1.54, 1.807) is 0 Å². The lowest BCUT2D eigenvalue weighted by molar-refractivity contribution is -0.142. The van der Waals surface area contributed by atoms with Crippen LogP contribution in [0.2, 0.25) is 0 Å². The van der Waals surface area contributed by atoms with Gasteiger partial charge in [-0.25, -0.2) is 0 Å². The predicted molar refractivity (Wildman–Crippen MR) is 94.0 cm³/mol. The summed E-state index contributed by atoms with van der Waals surface area (Å²) in [5.74, 6) is 0.198. The van der Waals surface area contributed by atoms with Crippen molar-refractivity contribution in [1.82, 2.24) is 14.8 Å². The molecule has 5 heteroatoms. The number of carbonyl (C=O) groups excluding carboxylic acids is 1. The smallest absolute Gasteiger partial charge is 0.251 e. The summed E-state index contributed by atoms with van der Waals surface area (Å²) in [5, 5.41) is 1.32. The molecule has 1 N–H and O–H groups in total. The van der Waals surface area contributed by atoms with E-state index in [-0.39, 0.29) is 12.0 Å². The van der Waals surface area contributed by atoms with Gasteiger partial charge >= 0.3 is 0 Å². The van der Waals surface area contributed by atoms with E-state index >= 15 is 0 Å². The largest absolute Gasteiger partial charge is 0.368 e. The molecule has 4 rings (SSSR count). The van der Waals surface area contributed by atoms with Gasteiger partial charge in [0.15, 0.2) is 0 Å². The fourth-order valence-corrected chi connectivity index (χ4v) is 3.78. The molecule has 0 aliphatic carbocycles. The summed E-state index contributed by atoms with van der Waals surface area (Å²) in [6.07, 6.45) is 4.90. The second-order valence-corrected chi connectivity index (χ2v) is 6.78. The molecule has 0 radical (unpaired) electrons. The number of amides is 1. The number of piperazine rings is 1. The highest BCUT2D eigenvalue weighted by Crippen LogP contribution is 2.19. The maximum atomic E-state index is 12.4. The van der Waals surface area contributed by atoms with Crippen molar-refractivity contribution in [2.45, 2.75) is 25.4 Å². The van der Waals surface area contributed by atoms with Gasteiger partial charge in [0.2, 0.25) is 0 Å². The van der Waals surface area contributed by atoms with Crippen LogP contribution in [0.5, 0.6) is 0 Å². The van der Waals surface area contributed by atoms with Gasteiger partial charge in [0, 0.05) is 56.4 Å². The second kappa shape index (κ2) is 6.95. The molecule has 1 unspecified atom stereocenters. The maximum Gasteiger partial charge on any atom is 0.251 e. The van der Waals surface area contributed by atoms with Crippen LogP contribution < -0.4 is 0 Å². The van der Waals surface area contributed by atoms with Crippen molar-refractivity contribution in [3.63, 3.8) is 0 Å². The number of H-pyrrole nitrogens is 1. The van der Waals surface area contributed by atoms with Gasteiger partial charge in [-0.2, -0.15) is 0 Å². The third-order valence-corrected chi connectivity index (χ3v) is 5.26. The van der Waals surface area contributed by atoms with Crippen molar-refractivity contribution in [2.75, 3.05) is 39.3 Å². The highest BCUT2D eigenvalue weighted by molar-refractivity contribution is 5.83. The van der Waals surface area contributed by atoms with E-state index in [2.05, 4.69) is 40.3 Å². The molecule has 128 valence electrons. The lowest BCUT2D eigenvalue weighted by Gasteiger charge is -2.35. The number of hydrogen-bond acceptors (Lipinski definition) is 3. The van der Waals surface area contributed by atoms with E-state index in [4.69, 9.17) is 4.74 Å². The molecule has 2 aromatic rings. The minimum absolute atomic E-state index is 0.178. The van der Waals surface area contributed by atoms with E-state index in [0.29, 0.717) is 0 Å². The zero-order chi connectivity index (χ0) is 16.4. The zero-order valence-corrected chi connectivity index (χ0v) is 14.0. The quantitative estimate of drug-likeness (QED) is 0.935. The number of benzene rings is 1. The molecule has 2 aliphatic rings. The van der Waals surface area contributed by atoms with Gasteiger partial charge in [-0.05, 0) is 30.9 Å². The number of nitrogens with one attached hydrogen (secondary N) is 1. The average Bonchev–Trinajstić information content (AvgIpc) is 3.30. The topological polar surface area (TPSA) is 48.6 Å². The number of aromatic nitrogens is 1. The minimum atomic E-state index is -0.178. The molecular formula is C19H25N3O2. The minimum Gasteiger partial charge on any atom is -0.368 e. The van der Waals surface area contributed by atoms with Crippen LogP contribution in [-0.2, 0) is 16.0 Å². The number of nitrogens with zero attached hydrogens (tertiary/aromatic N) is 2. The van der Waals surface area contributed by atoms with Gasteiger partial charge in [0.1, 0.15) is 6.10 Å². The van der Waals surface area contributed by atoms with E-state index < -0.39 is 0 Å². The highest BCUT2D eigenvalue weighted by Gasteiger charge is 2.30. The lowest BCUT2D eigenvalue weighted by Crippen LogP contribution is -2.51. The highest BCUT2D eigenvalue weighted by atomic mass is 16.5. The summed E-state index contributed by atoms with van der Waals surface area (Å²) in [4.78, 5) is 20.2. The number of carbonyl (C=O) groups is 1. The molecule has 2 fully saturated rings. The summed E-state index contributed by atoms with van der Waals surface area (Å²) >= 11 is 0. The summed E-state index contributed by atoms with van der Waals surface area (Å²) in [5.41, 5.74) is 2.59. The van der Waals surface area contributed by atoms with Crippen molar-refractivity contribution in [2.24, 2.45) is 0 Å². The fourth-order valence-electron chi connectivity index (χ4n) is 3.78. The third-order valence-electron chi connectivity index (χ3n) is 5.26. The Kier molecular flexibility index (Phi) is 4.54. The van der Waals surface area contributed by atoms with Crippen molar-refractivity contribution in [3.05, 3.63) is 36.0 Å². The molecule has 2 saturated heterocycles. The Labute approximate surface area is 142 Å². The van der Waals surface area contributed by atoms with Gasteiger partial charge in [-0.1, -0.05) is 18.2 Å². The Morgan fingerprint density at radius 2 is 2.04 bits per heavy atom. The van der Waals surface area contributed by atoms with Crippen LogP contribution in [0.1, 0.15) is 18.4 Å². The van der Waals surface area contributed by atoms with Crippen molar-refractivity contribution in [3.8, 4) is 0 Å². The fraction of sp³-hybridized carbons (Fsp3) is 0.526. The van der Waals surface area contributed by atoms with Crippen LogP contribution in [0.4, 0.5) is 0 Å². The van der Waals surface area contributed by atoms with E-state index in [1.807, 2.05) is 4.90 Å². The molecule has 1 aromatic carbocycles. The number of rotatable bonds is 4. The standard InChI is InChI=1S/C19H25N3O2/c23-19(18-6-3-13-24-18)22-11-9-21(10-12-22)8-7-15-14-20-17-5-2-1-4-16(15)17/h1-2,4-5,14,18,20H,3,6-13H2. The van der Waals surface area contributed by atoms with Crippen molar-refractivity contribution < 1.29 is 9.53 Å². The van der Waals surface area contributed by atoms with Crippen LogP contribution in [0, 0.1) is 0 Å². The molecule has 0 spiro atoms. The summed E-state index contributed by atoms with van der Waals surface area (Å²) < 4.78 is 5.52. The number of aromatic amines is 1. The van der Waals surface area contributed by atoms with Crippen LogP contribution in [0.25, 0.3) is 10.9 Å². The van der Waals surface area contributed by atoms with E-state index in [9.17, 15) is 4.79 Å². The monoisotopic (exact) mass is 327 g/mol. The number of hydrogen-bond donors (Lipinski definition) is 1. The number of fused-ring (bicyclic) bond motifs is 1. The molecule has 0 saturated carbocycles. The van der Waals surface area contributed by atoms with Crippen molar-refractivity contribution in [1.29, 1.82) is 0 Å². The van der Waals surface area contributed by atoms with Crippen molar-refractivity contribution >= 4 is 16.8 Å².